The molecule has 3 saturated carbocycles. The molecule has 0 bridgehead atoms. The lowest BCUT2D eigenvalue weighted by Gasteiger charge is -2.58. The van der Waals surface area contributed by atoms with Crippen molar-refractivity contribution in [3.8, 4) is 0 Å². The monoisotopic (exact) mass is 331 g/mol. The van der Waals surface area contributed by atoms with Gasteiger partial charge in [-0.15, -0.1) is 0 Å². The van der Waals surface area contributed by atoms with Crippen LogP contribution in [0, 0.1) is 34.5 Å². The first-order valence-electron chi connectivity index (χ1n) is 10.4. The normalized spacial score (nSPS) is 52.0. The minimum absolute atomic E-state index is 0.0814. The highest BCUT2D eigenvalue weighted by Gasteiger charge is 2.59. The molecule has 0 aliphatic heterocycles. The van der Waals surface area contributed by atoms with E-state index in [4.69, 9.17) is 0 Å². The van der Waals surface area contributed by atoms with Crippen LogP contribution in [-0.2, 0) is 0 Å². The molecular weight excluding hydrogens is 294 g/mol. The van der Waals surface area contributed by atoms with Gasteiger partial charge in [0, 0.05) is 6.04 Å². The summed E-state index contributed by atoms with van der Waals surface area (Å²) >= 11 is 0. The number of nitrogens with one attached hydrogen (secondary N) is 1. The Morgan fingerprint density at radius 1 is 1.12 bits per heavy atom. The van der Waals surface area contributed by atoms with Crippen molar-refractivity contribution < 1.29 is 5.11 Å². The van der Waals surface area contributed by atoms with Gasteiger partial charge in [0.25, 0.3) is 0 Å². The fourth-order valence-corrected chi connectivity index (χ4v) is 7.70. The molecule has 8 atom stereocenters. The molecule has 4 unspecified atom stereocenters. The van der Waals surface area contributed by atoms with Crippen LogP contribution < -0.4 is 5.32 Å². The van der Waals surface area contributed by atoms with Crippen LogP contribution in [0.4, 0.5) is 0 Å². The van der Waals surface area contributed by atoms with E-state index >= 15 is 0 Å². The molecule has 3 fully saturated rings. The standard InChI is InChI=1S/C22H37NO/c1-14(23-4)18-7-8-19-17-6-5-15-13-16(24)9-11-21(15,2)20(17)10-12-22(18,19)3/h5,14,16-20,23-24H,6-13H2,1-4H3/t14-,16?,17?,18+,19?,20?,21-,22+/m0/s1. The summed E-state index contributed by atoms with van der Waals surface area (Å²) in [5.74, 6) is 3.52. The topological polar surface area (TPSA) is 32.3 Å². The number of aliphatic hydroxyl groups is 1. The van der Waals surface area contributed by atoms with Gasteiger partial charge in [-0.05, 0) is 99.8 Å². The summed E-state index contributed by atoms with van der Waals surface area (Å²) in [5.41, 5.74) is 2.53. The largest absolute Gasteiger partial charge is 0.393 e. The van der Waals surface area contributed by atoms with Gasteiger partial charge in [-0.3, -0.25) is 0 Å². The zero-order chi connectivity index (χ0) is 17.1. The summed E-state index contributed by atoms with van der Waals surface area (Å²) < 4.78 is 0. The number of hydrogen-bond donors (Lipinski definition) is 2. The molecule has 0 saturated heterocycles. The smallest absolute Gasteiger partial charge is 0.0577 e. The SMILES string of the molecule is CN[C@@H](C)[C@H]1CCC2C3CC=C4CC(O)CC[C@]4(C)C3CC[C@@]21C. The van der Waals surface area contributed by atoms with Crippen molar-refractivity contribution in [2.75, 3.05) is 7.05 Å². The number of fused-ring (bicyclic) bond motifs is 5. The molecule has 0 radical (unpaired) electrons. The quantitative estimate of drug-likeness (QED) is 0.728. The van der Waals surface area contributed by atoms with Crippen LogP contribution in [0.2, 0.25) is 0 Å². The second-order valence-corrected chi connectivity index (χ2v) is 9.96. The predicted molar refractivity (Wildman–Crippen MR) is 99.7 cm³/mol. The summed E-state index contributed by atoms with van der Waals surface area (Å²) in [6.07, 6.45) is 12.6. The Labute approximate surface area is 148 Å². The Hall–Kier alpha value is -0.340. The zero-order valence-electron chi connectivity index (χ0n) is 16.1. The lowest BCUT2D eigenvalue weighted by molar-refractivity contribution is -0.0532. The van der Waals surface area contributed by atoms with Crippen LogP contribution in [0.1, 0.15) is 72.1 Å². The van der Waals surface area contributed by atoms with Gasteiger partial charge in [-0.2, -0.15) is 0 Å². The fourth-order valence-electron chi connectivity index (χ4n) is 7.70. The third kappa shape index (κ3) is 2.28. The third-order valence-electron chi connectivity index (χ3n) is 9.21. The first kappa shape index (κ1) is 17.1. The molecule has 4 aliphatic carbocycles. The van der Waals surface area contributed by atoms with E-state index in [1.807, 2.05) is 0 Å². The van der Waals surface area contributed by atoms with E-state index in [9.17, 15) is 5.11 Å². The van der Waals surface area contributed by atoms with Gasteiger partial charge in [-0.25, -0.2) is 0 Å². The van der Waals surface area contributed by atoms with Gasteiger partial charge in [0.1, 0.15) is 0 Å². The molecule has 136 valence electrons. The Kier molecular flexibility index (Phi) is 4.16. The van der Waals surface area contributed by atoms with E-state index < -0.39 is 0 Å². The number of allylic oxidation sites excluding steroid dienone is 1. The summed E-state index contributed by atoms with van der Waals surface area (Å²) in [6.45, 7) is 7.55. The third-order valence-corrected chi connectivity index (χ3v) is 9.21. The van der Waals surface area contributed by atoms with E-state index in [0.29, 0.717) is 16.9 Å². The first-order valence-corrected chi connectivity index (χ1v) is 10.4. The molecule has 0 spiro atoms. The molecule has 0 heterocycles. The zero-order valence-corrected chi connectivity index (χ0v) is 16.1. The molecule has 2 heteroatoms. The van der Waals surface area contributed by atoms with Crippen molar-refractivity contribution in [3.05, 3.63) is 11.6 Å². The molecule has 0 aromatic carbocycles. The van der Waals surface area contributed by atoms with Gasteiger partial charge in [0.15, 0.2) is 0 Å². The Morgan fingerprint density at radius 3 is 2.67 bits per heavy atom. The Balaban J connectivity index is 1.63. The minimum atomic E-state index is -0.0814. The maximum Gasteiger partial charge on any atom is 0.0577 e. The predicted octanol–water partition coefficient (Wildman–Crippen LogP) is 4.53. The average molecular weight is 332 g/mol. The first-order chi connectivity index (χ1) is 11.4. The van der Waals surface area contributed by atoms with Gasteiger partial charge in [0.2, 0.25) is 0 Å². The maximum atomic E-state index is 10.1. The van der Waals surface area contributed by atoms with Crippen molar-refractivity contribution in [1.29, 1.82) is 0 Å². The highest BCUT2D eigenvalue weighted by atomic mass is 16.3. The molecule has 0 aromatic rings. The van der Waals surface area contributed by atoms with E-state index in [2.05, 4.69) is 39.2 Å². The van der Waals surface area contributed by atoms with E-state index in [-0.39, 0.29) is 6.10 Å². The summed E-state index contributed by atoms with van der Waals surface area (Å²) in [5, 5.41) is 13.7. The van der Waals surface area contributed by atoms with Crippen LogP contribution in [-0.4, -0.2) is 24.3 Å². The van der Waals surface area contributed by atoms with Crippen LogP contribution in [0.5, 0.6) is 0 Å². The number of hydrogen-bond acceptors (Lipinski definition) is 2. The van der Waals surface area contributed by atoms with Crippen molar-refractivity contribution >= 4 is 0 Å². The number of aliphatic hydroxyl groups excluding tert-OH is 1. The summed E-state index contributed by atoms with van der Waals surface area (Å²) in [4.78, 5) is 0. The molecular formula is C22H37NO. The summed E-state index contributed by atoms with van der Waals surface area (Å²) in [6, 6.07) is 0.645. The van der Waals surface area contributed by atoms with E-state index in [1.54, 1.807) is 5.57 Å². The van der Waals surface area contributed by atoms with Crippen LogP contribution in [0.25, 0.3) is 0 Å². The highest BCUT2D eigenvalue weighted by molar-refractivity contribution is 5.25. The summed E-state index contributed by atoms with van der Waals surface area (Å²) in [7, 11) is 2.14. The van der Waals surface area contributed by atoms with Gasteiger partial charge < -0.3 is 10.4 Å². The van der Waals surface area contributed by atoms with E-state index in [0.717, 1.165) is 36.5 Å². The Morgan fingerprint density at radius 2 is 1.92 bits per heavy atom. The molecule has 2 nitrogen and oxygen atoms in total. The fraction of sp³-hybridized carbons (Fsp3) is 0.909. The second kappa shape index (κ2) is 5.84. The number of rotatable bonds is 2. The van der Waals surface area contributed by atoms with Crippen molar-refractivity contribution in [2.45, 2.75) is 84.3 Å². The molecule has 2 N–H and O–H groups in total. The highest BCUT2D eigenvalue weighted by Crippen LogP contribution is 2.66. The van der Waals surface area contributed by atoms with E-state index in [1.165, 1.54) is 38.5 Å². The molecule has 24 heavy (non-hydrogen) atoms. The van der Waals surface area contributed by atoms with Crippen LogP contribution in [0.15, 0.2) is 11.6 Å². The molecule has 0 amide bonds. The lowest BCUT2D eigenvalue weighted by Crippen LogP contribution is -2.52. The van der Waals surface area contributed by atoms with Gasteiger partial charge in [-0.1, -0.05) is 25.5 Å². The molecule has 0 aromatic heterocycles. The minimum Gasteiger partial charge on any atom is -0.393 e. The van der Waals surface area contributed by atoms with Gasteiger partial charge in [0.05, 0.1) is 6.10 Å². The van der Waals surface area contributed by atoms with Crippen molar-refractivity contribution in [2.24, 2.45) is 34.5 Å². The maximum absolute atomic E-state index is 10.1. The lowest BCUT2D eigenvalue weighted by atomic mass is 9.47. The van der Waals surface area contributed by atoms with Crippen LogP contribution in [0.3, 0.4) is 0 Å². The Bertz CT molecular complexity index is 528. The molecule has 4 rings (SSSR count). The van der Waals surface area contributed by atoms with Crippen molar-refractivity contribution in [1.82, 2.24) is 5.32 Å². The average Bonchev–Trinajstić information content (AvgIpc) is 2.92. The molecule has 4 aliphatic rings. The van der Waals surface area contributed by atoms with Crippen LogP contribution >= 0.6 is 0 Å². The van der Waals surface area contributed by atoms with Gasteiger partial charge >= 0.3 is 0 Å². The van der Waals surface area contributed by atoms with Crippen molar-refractivity contribution in [3.63, 3.8) is 0 Å². The second-order valence-electron chi connectivity index (χ2n) is 9.96.